The number of alkyl halides is 2. The van der Waals surface area contributed by atoms with Crippen LogP contribution in [-0.4, -0.2) is 28.2 Å². The van der Waals surface area contributed by atoms with Gasteiger partial charge in [-0.2, -0.15) is 8.78 Å². The second kappa shape index (κ2) is 7.68. The van der Waals surface area contributed by atoms with Crippen LogP contribution in [-0.2, 0) is 13.1 Å². The average Bonchev–Trinajstić information content (AvgIpc) is 2.88. The molecule has 0 fully saturated rings. The van der Waals surface area contributed by atoms with E-state index in [9.17, 15) is 8.78 Å². The summed E-state index contributed by atoms with van der Waals surface area (Å²) in [4.78, 5) is 0. The van der Waals surface area contributed by atoms with Gasteiger partial charge in [0.1, 0.15) is 5.75 Å². The number of aromatic nitrogens is 3. The molecule has 2 rings (SSSR count). The Balaban J connectivity index is 2.01. The van der Waals surface area contributed by atoms with E-state index in [1.165, 1.54) is 6.07 Å². The fraction of sp³-hybridized carbons (Fsp3) is 0.429. The van der Waals surface area contributed by atoms with Crippen LogP contribution in [0.3, 0.4) is 0 Å². The summed E-state index contributed by atoms with van der Waals surface area (Å²) >= 11 is 0. The van der Waals surface area contributed by atoms with Crippen LogP contribution in [0, 0.1) is 0 Å². The number of rotatable bonds is 8. The Morgan fingerprint density at radius 3 is 2.90 bits per heavy atom. The Hall–Kier alpha value is -2.02. The van der Waals surface area contributed by atoms with Gasteiger partial charge in [0.2, 0.25) is 0 Å². The van der Waals surface area contributed by atoms with E-state index >= 15 is 0 Å². The van der Waals surface area contributed by atoms with Crippen LogP contribution >= 0.6 is 0 Å². The van der Waals surface area contributed by atoms with Crippen molar-refractivity contribution in [2.45, 2.75) is 33.0 Å². The number of hydrogen-bond donors (Lipinski definition) is 1. The van der Waals surface area contributed by atoms with Crippen LogP contribution in [0.1, 0.15) is 24.6 Å². The molecule has 21 heavy (non-hydrogen) atoms. The minimum absolute atomic E-state index is 0.161. The summed E-state index contributed by atoms with van der Waals surface area (Å²) in [5.74, 6) is 0.161. The van der Waals surface area contributed by atoms with E-state index in [2.05, 4.69) is 27.3 Å². The molecule has 0 amide bonds. The third kappa shape index (κ3) is 4.78. The lowest BCUT2D eigenvalue weighted by Crippen LogP contribution is -2.13. The summed E-state index contributed by atoms with van der Waals surface area (Å²) in [6.45, 7) is 1.14. The first-order chi connectivity index (χ1) is 10.2. The molecule has 0 aliphatic carbocycles. The molecule has 0 saturated carbocycles. The molecule has 0 radical (unpaired) electrons. The van der Waals surface area contributed by atoms with Gasteiger partial charge in [-0.15, -0.1) is 5.10 Å². The molecule has 1 heterocycles. The second-order valence-electron chi connectivity index (χ2n) is 4.57. The lowest BCUT2D eigenvalue weighted by molar-refractivity contribution is -0.0505. The average molecular weight is 296 g/mol. The van der Waals surface area contributed by atoms with Crippen molar-refractivity contribution in [3.8, 4) is 5.75 Å². The molecule has 1 aromatic carbocycles. The molecule has 1 aromatic heterocycles. The van der Waals surface area contributed by atoms with Crippen LogP contribution < -0.4 is 10.1 Å². The van der Waals surface area contributed by atoms with E-state index in [-0.39, 0.29) is 5.75 Å². The van der Waals surface area contributed by atoms with Crippen LogP contribution in [0.4, 0.5) is 8.78 Å². The Morgan fingerprint density at radius 1 is 1.33 bits per heavy atom. The van der Waals surface area contributed by atoms with E-state index in [1.807, 2.05) is 0 Å². The summed E-state index contributed by atoms with van der Waals surface area (Å²) in [6, 6.07) is 6.67. The topological polar surface area (TPSA) is 52.0 Å². The van der Waals surface area contributed by atoms with Crippen molar-refractivity contribution >= 4 is 0 Å². The molecule has 1 N–H and O–H groups in total. The maximum Gasteiger partial charge on any atom is 0.387 e. The Kier molecular flexibility index (Phi) is 5.62. The van der Waals surface area contributed by atoms with Gasteiger partial charge in [0.05, 0.1) is 18.4 Å². The third-order valence-electron chi connectivity index (χ3n) is 2.84. The number of para-hydroxylation sites is 1. The number of benzene rings is 1. The minimum Gasteiger partial charge on any atom is -0.434 e. The zero-order chi connectivity index (χ0) is 15.1. The number of nitrogens with zero attached hydrogens (tertiary/aromatic N) is 3. The van der Waals surface area contributed by atoms with Crippen molar-refractivity contribution in [1.82, 2.24) is 20.3 Å². The monoisotopic (exact) mass is 296 g/mol. The SMILES string of the molecule is CCCNCc1cn(Cc2ccccc2OC(F)F)nn1. The van der Waals surface area contributed by atoms with Crippen molar-refractivity contribution in [1.29, 1.82) is 0 Å². The van der Waals surface area contributed by atoms with Gasteiger partial charge in [-0.05, 0) is 19.0 Å². The lowest BCUT2D eigenvalue weighted by Gasteiger charge is -2.09. The summed E-state index contributed by atoms with van der Waals surface area (Å²) in [5.41, 5.74) is 1.45. The van der Waals surface area contributed by atoms with Crippen LogP contribution in [0.15, 0.2) is 30.5 Å². The van der Waals surface area contributed by atoms with E-state index in [0.717, 1.165) is 18.7 Å². The van der Waals surface area contributed by atoms with E-state index in [1.54, 1.807) is 29.1 Å². The summed E-state index contributed by atoms with van der Waals surface area (Å²) in [5, 5.41) is 11.3. The molecule has 0 aliphatic heterocycles. The molecule has 114 valence electrons. The Labute approximate surface area is 121 Å². The smallest absolute Gasteiger partial charge is 0.387 e. The lowest BCUT2D eigenvalue weighted by atomic mass is 10.2. The van der Waals surface area contributed by atoms with Gasteiger partial charge in [0.25, 0.3) is 0 Å². The van der Waals surface area contributed by atoms with Gasteiger partial charge >= 0.3 is 6.61 Å². The molecule has 0 spiro atoms. The Bertz CT molecular complexity index is 559. The predicted molar refractivity (Wildman–Crippen MR) is 74.2 cm³/mol. The van der Waals surface area contributed by atoms with Crippen molar-refractivity contribution in [3.05, 3.63) is 41.7 Å². The highest BCUT2D eigenvalue weighted by Gasteiger charge is 2.10. The van der Waals surface area contributed by atoms with Crippen molar-refractivity contribution < 1.29 is 13.5 Å². The van der Waals surface area contributed by atoms with E-state index < -0.39 is 6.61 Å². The normalized spacial score (nSPS) is 11.0. The van der Waals surface area contributed by atoms with Gasteiger partial charge in [0, 0.05) is 12.1 Å². The summed E-state index contributed by atoms with van der Waals surface area (Å²) < 4.78 is 30.8. The first-order valence-electron chi connectivity index (χ1n) is 6.81. The van der Waals surface area contributed by atoms with Crippen molar-refractivity contribution in [3.63, 3.8) is 0 Å². The third-order valence-corrected chi connectivity index (χ3v) is 2.84. The molecule has 5 nitrogen and oxygen atoms in total. The molecule has 0 saturated heterocycles. The van der Waals surface area contributed by atoms with Crippen LogP contribution in [0.2, 0.25) is 0 Å². The highest BCUT2D eigenvalue weighted by molar-refractivity contribution is 5.33. The first-order valence-corrected chi connectivity index (χ1v) is 6.81. The van der Waals surface area contributed by atoms with Crippen LogP contribution in [0.25, 0.3) is 0 Å². The van der Waals surface area contributed by atoms with Gasteiger partial charge in [-0.25, -0.2) is 4.68 Å². The van der Waals surface area contributed by atoms with Gasteiger partial charge in [-0.1, -0.05) is 30.3 Å². The molecule has 7 heteroatoms. The molecule has 0 aliphatic rings. The van der Waals surface area contributed by atoms with E-state index in [0.29, 0.717) is 18.7 Å². The minimum atomic E-state index is -2.84. The van der Waals surface area contributed by atoms with Gasteiger partial charge in [0.15, 0.2) is 0 Å². The fourth-order valence-electron chi connectivity index (χ4n) is 1.91. The molecule has 0 bridgehead atoms. The fourth-order valence-corrected chi connectivity index (χ4v) is 1.91. The quantitative estimate of drug-likeness (QED) is 0.760. The maximum absolute atomic E-state index is 12.4. The molecular weight excluding hydrogens is 278 g/mol. The van der Waals surface area contributed by atoms with Crippen LogP contribution in [0.5, 0.6) is 5.75 Å². The zero-order valence-corrected chi connectivity index (χ0v) is 11.8. The Morgan fingerprint density at radius 2 is 2.14 bits per heavy atom. The molecule has 0 unspecified atom stereocenters. The number of nitrogens with one attached hydrogen (secondary N) is 1. The summed E-state index contributed by atoms with van der Waals surface area (Å²) in [7, 11) is 0. The van der Waals surface area contributed by atoms with E-state index in [4.69, 9.17) is 0 Å². The zero-order valence-electron chi connectivity index (χ0n) is 11.8. The number of halogens is 2. The molecule has 2 aromatic rings. The highest BCUT2D eigenvalue weighted by atomic mass is 19.3. The van der Waals surface area contributed by atoms with Crippen molar-refractivity contribution in [2.75, 3.05) is 6.54 Å². The largest absolute Gasteiger partial charge is 0.434 e. The van der Waals surface area contributed by atoms with Crippen molar-refractivity contribution in [2.24, 2.45) is 0 Å². The highest BCUT2D eigenvalue weighted by Crippen LogP contribution is 2.20. The number of ether oxygens (including phenoxy) is 1. The summed E-state index contributed by atoms with van der Waals surface area (Å²) in [6.07, 6.45) is 2.84. The molecular formula is C14H18F2N4O. The molecule has 0 atom stereocenters. The predicted octanol–water partition coefficient (Wildman–Crippen LogP) is 2.43. The first kappa shape index (κ1) is 15.4. The number of hydrogen-bond acceptors (Lipinski definition) is 4. The van der Waals surface area contributed by atoms with Gasteiger partial charge < -0.3 is 10.1 Å². The second-order valence-corrected chi connectivity index (χ2v) is 4.57. The maximum atomic E-state index is 12.4. The van der Waals surface area contributed by atoms with Gasteiger partial charge in [-0.3, -0.25) is 0 Å². The standard InChI is InChI=1S/C14H18F2N4O/c1-2-7-17-8-12-10-20(19-18-12)9-11-5-3-4-6-13(11)21-14(15)16/h3-6,10,14,17H,2,7-9H2,1H3.